The van der Waals surface area contributed by atoms with E-state index in [1.165, 1.54) is 16.9 Å². The van der Waals surface area contributed by atoms with Crippen molar-refractivity contribution >= 4 is 23.4 Å². The number of aromatic nitrogens is 1. The molecule has 4 aromatic carbocycles. The van der Waals surface area contributed by atoms with Crippen molar-refractivity contribution in [3.05, 3.63) is 151 Å². The molecule has 0 saturated heterocycles. The summed E-state index contributed by atoms with van der Waals surface area (Å²) in [5, 5.41) is 0. The molecule has 0 aliphatic carbocycles. The third kappa shape index (κ3) is 7.74. The maximum Gasteiger partial charge on any atom is 0.343 e. The minimum atomic E-state index is -0.709. The van der Waals surface area contributed by atoms with Crippen LogP contribution in [0.3, 0.4) is 0 Å². The number of hydrogen-bond donors (Lipinski definition) is 0. The summed E-state index contributed by atoms with van der Waals surface area (Å²) < 4.78 is 25.7. The largest absolute Gasteiger partial charge is 0.490 e. The van der Waals surface area contributed by atoms with Gasteiger partial charge in [-0.15, -0.1) is 0 Å². The van der Waals surface area contributed by atoms with E-state index in [1.54, 1.807) is 35.8 Å². The number of nitrogens with zero attached hydrogens (tertiary/aromatic N) is 2. The van der Waals surface area contributed by atoms with Crippen LogP contribution in [0.15, 0.2) is 124 Å². The number of rotatable bonds is 11. The zero-order valence-corrected chi connectivity index (χ0v) is 29.7. The minimum absolute atomic E-state index is 0.0794. The first-order valence-corrected chi connectivity index (χ1v) is 17.4. The molecule has 1 aliphatic heterocycles. The number of carbonyl (C=O) groups is 1. The van der Waals surface area contributed by atoms with Gasteiger partial charge in [0.05, 0.1) is 28.5 Å². The molecule has 5 aromatic rings. The number of ether oxygens (including phenoxy) is 4. The third-order valence-corrected chi connectivity index (χ3v) is 9.19. The molecule has 0 N–H and O–H groups in total. The highest BCUT2D eigenvalue weighted by molar-refractivity contribution is 7.07. The Hall–Kier alpha value is -5.41. The lowest BCUT2D eigenvalue weighted by Gasteiger charge is -2.24. The molecule has 1 atom stereocenters. The second kappa shape index (κ2) is 15.0. The average Bonchev–Trinajstić information content (AvgIpc) is 3.41. The number of fused-ring (bicyclic) bond motifs is 1. The van der Waals surface area contributed by atoms with E-state index >= 15 is 0 Å². The summed E-state index contributed by atoms with van der Waals surface area (Å²) in [7, 11) is 0. The third-order valence-electron chi connectivity index (χ3n) is 8.21. The highest BCUT2D eigenvalue weighted by Crippen LogP contribution is 2.32. The van der Waals surface area contributed by atoms with Crippen molar-refractivity contribution in [1.29, 1.82) is 0 Å². The fourth-order valence-electron chi connectivity index (χ4n) is 5.70. The summed E-state index contributed by atoms with van der Waals surface area (Å²) in [5.74, 6) is 1.79. The van der Waals surface area contributed by atoms with Gasteiger partial charge >= 0.3 is 5.97 Å². The zero-order valence-electron chi connectivity index (χ0n) is 28.8. The molecule has 0 fully saturated rings. The van der Waals surface area contributed by atoms with E-state index in [4.69, 9.17) is 23.9 Å². The highest BCUT2D eigenvalue weighted by atomic mass is 32.1. The quantitative estimate of drug-likeness (QED) is 0.0845. The molecular formula is C41H40N2O6S. The molecule has 50 heavy (non-hydrogen) atoms. The Kier molecular flexibility index (Phi) is 10.3. The van der Waals surface area contributed by atoms with Crippen molar-refractivity contribution < 1.29 is 23.7 Å². The van der Waals surface area contributed by atoms with Crippen LogP contribution < -0.4 is 33.8 Å². The van der Waals surface area contributed by atoms with Gasteiger partial charge < -0.3 is 18.9 Å². The van der Waals surface area contributed by atoms with Crippen molar-refractivity contribution in [2.45, 2.75) is 46.1 Å². The van der Waals surface area contributed by atoms with E-state index in [2.05, 4.69) is 32.9 Å². The molecular weight excluding hydrogens is 649 g/mol. The molecule has 0 spiro atoms. The van der Waals surface area contributed by atoms with E-state index < -0.39 is 12.0 Å². The first-order chi connectivity index (χ1) is 24.1. The van der Waals surface area contributed by atoms with Gasteiger partial charge in [0.2, 0.25) is 0 Å². The van der Waals surface area contributed by atoms with Gasteiger partial charge in [0.1, 0.15) is 24.7 Å². The fraction of sp³-hybridized carbons (Fsp3) is 0.244. The lowest BCUT2D eigenvalue weighted by Crippen LogP contribution is -2.40. The monoisotopic (exact) mass is 688 g/mol. The molecule has 9 heteroatoms. The van der Waals surface area contributed by atoms with Crippen LogP contribution in [0.1, 0.15) is 57.4 Å². The van der Waals surface area contributed by atoms with Gasteiger partial charge in [0, 0.05) is 0 Å². The molecule has 8 nitrogen and oxygen atoms in total. The van der Waals surface area contributed by atoms with Gasteiger partial charge in [-0.05, 0) is 78.4 Å². The molecule has 6 rings (SSSR count). The number of esters is 1. The van der Waals surface area contributed by atoms with Crippen LogP contribution in [0.4, 0.5) is 0 Å². The second-order valence-corrected chi connectivity index (χ2v) is 13.8. The summed E-state index contributed by atoms with van der Waals surface area (Å²) in [5.41, 5.74) is 3.42. The van der Waals surface area contributed by atoms with Gasteiger partial charge in [-0.1, -0.05) is 98.8 Å². The Balaban J connectivity index is 1.25. The summed E-state index contributed by atoms with van der Waals surface area (Å²) in [6, 6.07) is 31.3. The number of benzene rings is 4. The van der Waals surface area contributed by atoms with Crippen molar-refractivity contribution in [1.82, 2.24) is 4.57 Å². The lowest BCUT2D eigenvalue weighted by molar-refractivity contribution is -0.130. The predicted octanol–water partition coefficient (Wildman–Crippen LogP) is 6.99. The summed E-state index contributed by atoms with van der Waals surface area (Å²) in [6.45, 7) is 11.4. The molecule has 256 valence electrons. The van der Waals surface area contributed by atoms with Crippen molar-refractivity contribution in [2.24, 2.45) is 4.99 Å². The number of allylic oxidation sites excluding steroid dienone is 1. The number of hydrogen-bond acceptors (Lipinski definition) is 8. The predicted molar refractivity (Wildman–Crippen MR) is 196 cm³/mol. The lowest BCUT2D eigenvalue weighted by atomic mass is 9.87. The maximum absolute atomic E-state index is 14.1. The Morgan fingerprint density at radius 3 is 2.20 bits per heavy atom. The molecule has 0 radical (unpaired) electrons. The van der Waals surface area contributed by atoms with Crippen LogP contribution in [0, 0.1) is 0 Å². The van der Waals surface area contributed by atoms with Crippen molar-refractivity contribution in [3.8, 4) is 23.0 Å². The Morgan fingerprint density at radius 2 is 1.52 bits per heavy atom. The first-order valence-electron chi connectivity index (χ1n) is 16.6. The van der Waals surface area contributed by atoms with Gasteiger partial charge in [-0.25, -0.2) is 9.79 Å². The van der Waals surface area contributed by atoms with Crippen LogP contribution in [0.2, 0.25) is 0 Å². The first kappa shape index (κ1) is 34.5. The Morgan fingerprint density at radius 1 is 0.840 bits per heavy atom. The number of para-hydroxylation sites is 1. The van der Waals surface area contributed by atoms with Crippen LogP contribution in [0.25, 0.3) is 6.08 Å². The molecule has 1 aliphatic rings. The van der Waals surface area contributed by atoms with Gasteiger partial charge in [-0.3, -0.25) is 9.36 Å². The van der Waals surface area contributed by atoms with Crippen molar-refractivity contribution in [3.63, 3.8) is 0 Å². The SMILES string of the molecule is CCOc1cc(/C=c2\sc3n(c2=O)[C@H](c2ccccc2)C(C(=O)Oc2ccccc2)=C(C)N=3)ccc1OCCOc1ccc(C(C)(C)C)cc1. The Labute approximate surface area is 295 Å². The number of carbonyl (C=O) groups excluding carboxylic acids is 1. The molecule has 0 amide bonds. The van der Waals surface area contributed by atoms with Gasteiger partial charge in [0.15, 0.2) is 16.3 Å². The smallest absolute Gasteiger partial charge is 0.343 e. The number of thiazole rings is 1. The van der Waals surface area contributed by atoms with Crippen LogP contribution in [0.5, 0.6) is 23.0 Å². The van der Waals surface area contributed by atoms with Crippen LogP contribution >= 0.6 is 11.3 Å². The van der Waals surface area contributed by atoms with E-state index in [0.717, 1.165) is 16.9 Å². The minimum Gasteiger partial charge on any atom is -0.490 e. The standard InChI is InChI=1S/C41H40N2O6S/c1-6-46-34-25-28(17-22-33(34)48-24-23-47-31-20-18-30(19-21-31)41(3,4)5)26-35-38(44)43-37(29-13-9-7-10-14-29)36(27(2)42-40(43)50-35)39(45)49-32-15-11-8-12-16-32/h7-22,25-26,37H,6,23-24H2,1-5H3/b35-26-/t37-/m1/s1. The van der Waals surface area contributed by atoms with Crippen molar-refractivity contribution in [2.75, 3.05) is 19.8 Å². The summed E-state index contributed by atoms with van der Waals surface area (Å²) in [6.07, 6.45) is 1.81. The van der Waals surface area contributed by atoms with Crippen LogP contribution in [-0.2, 0) is 10.2 Å². The topological polar surface area (TPSA) is 88.4 Å². The Bertz CT molecular complexity index is 2180. The van der Waals surface area contributed by atoms with E-state index in [9.17, 15) is 9.59 Å². The normalized spacial score (nSPS) is 14.5. The van der Waals surface area contributed by atoms with E-state index in [0.29, 0.717) is 57.7 Å². The van der Waals surface area contributed by atoms with Crippen LogP contribution in [-0.4, -0.2) is 30.4 Å². The summed E-state index contributed by atoms with van der Waals surface area (Å²) >= 11 is 1.27. The molecule has 0 bridgehead atoms. The van der Waals surface area contributed by atoms with E-state index in [1.807, 2.05) is 79.7 Å². The molecule has 0 saturated carbocycles. The van der Waals surface area contributed by atoms with E-state index in [-0.39, 0.29) is 11.0 Å². The van der Waals surface area contributed by atoms with Gasteiger partial charge in [-0.2, -0.15) is 0 Å². The summed E-state index contributed by atoms with van der Waals surface area (Å²) in [4.78, 5) is 33.0. The maximum atomic E-state index is 14.1. The molecule has 2 heterocycles. The fourth-order valence-corrected chi connectivity index (χ4v) is 6.75. The second-order valence-electron chi connectivity index (χ2n) is 12.8. The highest BCUT2D eigenvalue weighted by Gasteiger charge is 2.33. The molecule has 1 aromatic heterocycles. The molecule has 0 unspecified atom stereocenters. The zero-order chi connectivity index (χ0) is 35.3. The van der Waals surface area contributed by atoms with Gasteiger partial charge in [0.25, 0.3) is 5.56 Å². The average molecular weight is 689 g/mol.